The minimum absolute atomic E-state index is 0.141. The van der Waals surface area contributed by atoms with Crippen LogP contribution in [0.4, 0.5) is 4.79 Å². The highest BCUT2D eigenvalue weighted by Gasteiger charge is 2.51. The predicted octanol–water partition coefficient (Wildman–Crippen LogP) is 4.15. The lowest BCUT2D eigenvalue weighted by atomic mass is 9.74. The smallest absolute Gasteiger partial charge is 0.322 e. The second-order valence-corrected chi connectivity index (χ2v) is 8.77. The summed E-state index contributed by atoms with van der Waals surface area (Å²) in [6, 6.07) is 17.8. The fourth-order valence-electron chi connectivity index (χ4n) is 4.84. The molecule has 0 aliphatic carbocycles. The Morgan fingerprint density at radius 2 is 1.70 bits per heavy atom. The molecule has 0 bridgehead atoms. The van der Waals surface area contributed by atoms with E-state index in [1.165, 1.54) is 5.56 Å². The maximum atomic E-state index is 12.8. The van der Waals surface area contributed by atoms with E-state index in [1.807, 2.05) is 36.4 Å². The van der Waals surface area contributed by atoms with E-state index < -0.39 is 5.54 Å². The lowest BCUT2D eigenvalue weighted by Crippen LogP contribution is -2.56. The largest absolute Gasteiger partial charge is 0.323 e. The molecule has 1 atom stereocenters. The summed E-state index contributed by atoms with van der Waals surface area (Å²) in [5.74, 6) is -0.0210. The zero-order chi connectivity index (χ0) is 21.0. The molecule has 2 aromatic rings. The number of likely N-dealkylation sites (tertiary alicyclic amines) is 1. The quantitative estimate of drug-likeness (QED) is 0.655. The Labute approximate surface area is 182 Å². The SMILES string of the molecule is O=C1NC(=O)[C@@](CCCc2ccccc2)(C2CCN(Cc3ccccc3Cl)CC2)N1. The van der Waals surface area contributed by atoms with Gasteiger partial charge in [-0.2, -0.15) is 0 Å². The maximum Gasteiger partial charge on any atom is 0.322 e. The van der Waals surface area contributed by atoms with Crippen LogP contribution in [0, 0.1) is 5.92 Å². The van der Waals surface area contributed by atoms with Gasteiger partial charge in [0, 0.05) is 11.6 Å². The Hall–Kier alpha value is -2.37. The highest BCUT2D eigenvalue weighted by Crippen LogP contribution is 2.35. The van der Waals surface area contributed by atoms with Gasteiger partial charge >= 0.3 is 6.03 Å². The first kappa shape index (κ1) is 20.9. The molecule has 158 valence electrons. The van der Waals surface area contributed by atoms with Gasteiger partial charge in [-0.05, 0) is 68.3 Å². The minimum atomic E-state index is -0.789. The molecule has 2 saturated heterocycles. The highest BCUT2D eigenvalue weighted by atomic mass is 35.5. The standard InChI is InChI=1S/C24H28ClN3O2/c25-21-11-5-4-10-19(21)17-28-15-12-20(13-16-28)24(22(29)26-23(30)27-24)14-6-9-18-7-2-1-3-8-18/h1-5,7-8,10-11,20H,6,9,12-17H2,(H2,26,27,29,30)/t24-/m1/s1. The van der Waals surface area contributed by atoms with Gasteiger partial charge in [-0.3, -0.25) is 15.0 Å². The van der Waals surface area contributed by atoms with Crippen molar-refractivity contribution in [2.24, 2.45) is 5.92 Å². The van der Waals surface area contributed by atoms with Gasteiger partial charge in [0.2, 0.25) is 0 Å². The van der Waals surface area contributed by atoms with Gasteiger partial charge < -0.3 is 5.32 Å². The fraction of sp³-hybridized carbons (Fsp3) is 0.417. The molecule has 3 amide bonds. The normalized spacial score (nSPS) is 22.7. The van der Waals surface area contributed by atoms with Crippen LogP contribution >= 0.6 is 11.6 Å². The third-order valence-corrected chi connectivity index (χ3v) is 6.85. The van der Waals surface area contributed by atoms with Crippen LogP contribution in [0.5, 0.6) is 0 Å². The molecule has 2 aliphatic heterocycles. The number of carbonyl (C=O) groups excluding carboxylic acids is 2. The van der Waals surface area contributed by atoms with Gasteiger partial charge in [-0.15, -0.1) is 0 Å². The topological polar surface area (TPSA) is 61.4 Å². The van der Waals surface area contributed by atoms with E-state index in [2.05, 4.69) is 33.7 Å². The number of rotatable bonds is 7. The number of piperidine rings is 1. The molecule has 0 radical (unpaired) electrons. The summed E-state index contributed by atoms with van der Waals surface area (Å²) in [4.78, 5) is 27.2. The Balaban J connectivity index is 1.39. The van der Waals surface area contributed by atoms with Crippen molar-refractivity contribution in [2.75, 3.05) is 13.1 Å². The Bertz CT molecular complexity index is 896. The van der Waals surface area contributed by atoms with E-state index in [0.29, 0.717) is 6.42 Å². The Kier molecular flexibility index (Phi) is 6.40. The van der Waals surface area contributed by atoms with E-state index in [4.69, 9.17) is 11.6 Å². The molecular weight excluding hydrogens is 398 g/mol. The molecule has 0 saturated carbocycles. The number of halogens is 1. The van der Waals surface area contributed by atoms with Crippen LogP contribution in [-0.4, -0.2) is 35.5 Å². The molecule has 2 fully saturated rings. The fourth-order valence-corrected chi connectivity index (χ4v) is 5.04. The highest BCUT2D eigenvalue weighted by molar-refractivity contribution is 6.31. The number of benzene rings is 2. The Morgan fingerprint density at radius 3 is 2.37 bits per heavy atom. The average Bonchev–Trinajstić information content (AvgIpc) is 3.05. The number of nitrogens with one attached hydrogen (secondary N) is 2. The minimum Gasteiger partial charge on any atom is -0.323 e. The number of imide groups is 1. The second-order valence-electron chi connectivity index (χ2n) is 8.36. The number of aryl methyl sites for hydroxylation is 1. The van der Waals surface area contributed by atoms with Crippen LogP contribution in [0.15, 0.2) is 54.6 Å². The van der Waals surface area contributed by atoms with Crippen LogP contribution in [0.3, 0.4) is 0 Å². The van der Waals surface area contributed by atoms with Crippen LogP contribution in [0.1, 0.15) is 36.8 Å². The third-order valence-electron chi connectivity index (χ3n) is 6.48. The molecule has 2 aliphatic rings. The lowest BCUT2D eigenvalue weighted by molar-refractivity contribution is -0.127. The second kappa shape index (κ2) is 9.19. The summed E-state index contributed by atoms with van der Waals surface area (Å²) in [5, 5.41) is 6.29. The van der Waals surface area contributed by atoms with Gasteiger partial charge in [0.15, 0.2) is 0 Å². The molecule has 2 aromatic carbocycles. The van der Waals surface area contributed by atoms with E-state index in [-0.39, 0.29) is 17.9 Å². The van der Waals surface area contributed by atoms with E-state index in [1.54, 1.807) is 0 Å². The van der Waals surface area contributed by atoms with Gasteiger partial charge in [0.05, 0.1) is 0 Å². The first-order valence-corrected chi connectivity index (χ1v) is 11.1. The molecule has 30 heavy (non-hydrogen) atoms. The number of nitrogens with zero attached hydrogens (tertiary/aromatic N) is 1. The first-order chi connectivity index (χ1) is 14.6. The molecule has 6 heteroatoms. The third kappa shape index (κ3) is 4.52. The molecule has 2 N–H and O–H groups in total. The van der Waals surface area contributed by atoms with Gasteiger partial charge in [-0.25, -0.2) is 4.79 Å². The number of amides is 3. The first-order valence-electron chi connectivity index (χ1n) is 10.7. The van der Waals surface area contributed by atoms with Crippen molar-refractivity contribution in [1.29, 1.82) is 0 Å². The van der Waals surface area contributed by atoms with Gasteiger partial charge in [0.25, 0.3) is 5.91 Å². The van der Waals surface area contributed by atoms with Crippen molar-refractivity contribution < 1.29 is 9.59 Å². The zero-order valence-corrected chi connectivity index (χ0v) is 17.8. The van der Waals surface area contributed by atoms with Crippen LogP contribution in [0.25, 0.3) is 0 Å². The van der Waals surface area contributed by atoms with Crippen molar-refractivity contribution >= 4 is 23.5 Å². The number of hydrogen-bond donors (Lipinski definition) is 2. The number of hydrogen-bond acceptors (Lipinski definition) is 3. The summed E-state index contributed by atoms with van der Waals surface area (Å²) < 4.78 is 0. The summed E-state index contributed by atoms with van der Waals surface area (Å²) in [6.07, 6.45) is 4.18. The Morgan fingerprint density at radius 1 is 1.00 bits per heavy atom. The van der Waals surface area contributed by atoms with Crippen LogP contribution in [0.2, 0.25) is 5.02 Å². The number of urea groups is 1. The van der Waals surface area contributed by atoms with Crippen molar-refractivity contribution in [3.63, 3.8) is 0 Å². The summed E-state index contributed by atoms with van der Waals surface area (Å²) >= 11 is 6.31. The monoisotopic (exact) mass is 425 g/mol. The molecule has 5 nitrogen and oxygen atoms in total. The average molecular weight is 426 g/mol. The zero-order valence-electron chi connectivity index (χ0n) is 17.1. The molecule has 4 rings (SSSR count). The molecule has 2 heterocycles. The molecule has 0 aromatic heterocycles. The maximum absolute atomic E-state index is 12.8. The van der Waals surface area contributed by atoms with E-state index in [0.717, 1.165) is 55.9 Å². The molecular formula is C24H28ClN3O2. The molecule has 0 spiro atoms. The molecule has 0 unspecified atom stereocenters. The lowest BCUT2D eigenvalue weighted by Gasteiger charge is -2.41. The van der Waals surface area contributed by atoms with Gasteiger partial charge in [0.1, 0.15) is 5.54 Å². The summed E-state index contributed by atoms with van der Waals surface area (Å²) in [6.45, 7) is 2.59. The summed E-state index contributed by atoms with van der Waals surface area (Å²) in [5.41, 5.74) is 1.59. The van der Waals surface area contributed by atoms with Crippen molar-refractivity contribution in [3.8, 4) is 0 Å². The predicted molar refractivity (Wildman–Crippen MR) is 118 cm³/mol. The van der Waals surface area contributed by atoms with Gasteiger partial charge in [-0.1, -0.05) is 60.1 Å². The van der Waals surface area contributed by atoms with Crippen molar-refractivity contribution in [1.82, 2.24) is 15.5 Å². The number of carbonyl (C=O) groups is 2. The van der Waals surface area contributed by atoms with E-state index in [9.17, 15) is 9.59 Å². The van der Waals surface area contributed by atoms with Crippen LogP contribution in [-0.2, 0) is 17.8 Å². The van der Waals surface area contributed by atoms with Crippen molar-refractivity contribution in [3.05, 3.63) is 70.7 Å². The van der Waals surface area contributed by atoms with E-state index >= 15 is 0 Å². The van der Waals surface area contributed by atoms with Crippen LogP contribution < -0.4 is 10.6 Å². The van der Waals surface area contributed by atoms with Crippen molar-refractivity contribution in [2.45, 2.75) is 44.2 Å². The summed E-state index contributed by atoms with van der Waals surface area (Å²) in [7, 11) is 0.